The lowest BCUT2D eigenvalue weighted by Gasteiger charge is -2.10. The van der Waals surface area contributed by atoms with E-state index in [9.17, 15) is 14.4 Å². The molecule has 2 aromatic carbocycles. The second kappa shape index (κ2) is 9.02. The number of aliphatic carboxylic acids is 1. The molecule has 0 saturated carbocycles. The molecule has 0 aliphatic rings. The molecule has 0 fully saturated rings. The lowest BCUT2D eigenvalue weighted by Crippen LogP contribution is -2.27. The van der Waals surface area contributed by atoms with Crippen LogP contribution in [0.1, 0.15) is 15.9 Å². The molecule has 0 unspecified atom stereocenters. The Balaban J connectivity index is 1.97. The molecule has 25 heavy (non-hydrogen) atoms. The molecule has 128 valence electrons. The van der Waals surface area contributed by atoms with Gasteiger partial charge in [-0.2, -0.15) is 0 Å². The van der Waals surface area contributed by atoms with Gasteiger partial charge in [-0.1, -0.05) is 42.5 Å². The van der Waals surface area contributed by atoms with Crippen molar-refractivity contribution in [1.82, 2.24) is 5.32 Å². The predicted octanol–water partition coefficient (Wildman–Crippen LogP) is 2.24. The minimum Gasteiger partial charge on any atom is -0.478 e. The highest BCUT2D eigenvalue weighted by atomic mass is 16.4. The Kier molecular flexibility index (Phi) is 6.47. The number of anilines is 1. The van der Waals surface area contributed by atoms with Crippen molar-refractivity contribution in [3.05, 3.63) is 77.9 Å². The first-order valence-electron chi connectivity index (χ1n) is 7.69. The fraction of sp³-hybridized carbons (Fsp3) is 0.105. The Morgan fingerprint density at radius 3 is 2.32 bits per heavy atom. The standard InChI is InChI=1S/C19H18N2O4/c22-17(10-11-18(23)24)21-16-9-5-4-8-15(16)19(25)20-13-12-14-6-2-1-3-7-14/h1-11H,12-13H2,(H,20,25)(H,21,22)(H,23,24). The maximum absolute atomic E-state index is 12.3. The third-order valence-corrected chi connectivity index (χ3v) is 3.35. The third kappa shape index (κ3) is 5.95. The molecular weight excluding hydrogens is 320 g/mol. The van der Waals surface area contributed by atoms with Gasteiger partial charge in [0.15, 0.2) is 0 Å². The molecule has 0 heterocycles. The zero-order valence-corrected chi connectivity index (χ0v) is 13.4. The van der Waals surface area contributed by atoms with Crippen LogP contribution in [0, 0.1) is 0 Å². The largest absolute Gasteiger partial charge is 0.478 e. The highest BCUT2D eigenvalue weighted by Gasteiger charge is 2.11. The van der Waals surface area contributed by atoms with E-state index in [4.69, 9.17) is 5.11 Å². The smallest absolute Gasteiger partial charge is 0.328 e. The van der Waals surface area contributed by atoms with Crippen LogP contribution >= 0.6 is 0 Å². The maximum Gasteiger partial charge on any atom is 0.328 e. The van der Waals surface area contributed by atoms with Gasteiger partial charge < -0.3 is 15.7 Å². The molecule has 2 rings (SSSR count). The van der Waals surface area contributed by atoms with Gasteiger partial charge in [-0.05, 0) is 24.1 Å². The summed E-state index contributed by atoms with van der Waals surface area (Å²) in [6.45, 7) is 0.462. The van der Waals surface area contributed by atoms with Crippen LogP contribution in [-0.4, -0.2) is 29.4 Å². The number of carboxylic acid groups (broad SMARTS) is 1. The molecule has 3 N–H and O–H groups in total. The van der Waals surface area contributed by atoms with Gasteiger partial charge in [-0.15, -0.1) is 0 Å². The molecule has 0 atom stereocenters. The molecule has 6 heteroatoms. The van der Waals surface area contributed by atoms with Crippen LogP contribution in [0.15, 0.2) is 66.7 Å². The normalized spacial score (nSPS) is 10.4. The van der Waals surface area contributed by atoms with Crippen LogP contribution in [-0.2, 0) is 16.0 Å². The Hall–Kier alpha value is -3.41. The first-order chi connectivity index (χ1) is 12.1. The van der Waals surface area contributed by atoms with Crippen molar-refractivity contribution < 1.29 is 19.5 Å². The summed E-state index contributed by atoms with van der Waals surface area (Å²) in [6, 6.07) is 16.3. The van der Waals surface area contributed by atoms with E-state index in [1.165, 1.54) is 0 Å². The van der Waals surface area contributed by atoms with Crippen LogP contribution in [0.5, 0.6) is 0 Å². The van der Waals surface area contributed by atoms with Gasteiger partial charge in [0.2, 0.25) is 5.91 Å². The quantitative estimate of drug-likeness (QED) is 0.675. The summed E-state index contributed by atoms with van der Waals surface area (Å²) in [6.07, 6.45) is 2.33. The second-order valence-electron chi connectivity index (χ2n) is 5.20. The third-order valence-electron chi connectivity index (χ3n) is 3.35. The topological polar surface area (TPSA) is 95.5 Å². The van der Waals surface area contributed by atoms with E-state index in [1.54, 1.807) is 24.3 Å². The number of hydrogen-bond donors (Lipinski definition) is 3. The Morgan fingerprint density at radius 2 is 1.60 bits per heavy atom. The molecule has 0 spiro atoms. The Morgan fingerprint density at radius 1 is 0.920 bits per heavy atom. The first-order valence-corrected chi connectivity index (χ1v) is 7.69. The summed E-state index contributed by atoms with van der Waals surface area (Å²) in [5.74, 6) is -2.15. The number of hydrogen-bond acceptors (Lipinski definition) is 3. The van der Waals surface area contributed by atoms with Crippen molar-refractivity contribution in [2.24, 2.45) is 0 Å². The predicted molar refractivity (Wildman–Crippen MR) is 94.3 cm³/mol. The fourth-order valence-corrected chi connectivity index (χ4v) is 2.17. The molecule has 0 aliphatic carbocycles. The van der Waals surface area contributed by atoms with Crippen LogP contribution in [0.4, 0.5) is 5.69 Å². The van der Waals surface area contributed by atoms with Crippen molar-refractivity contribution in [3.63, 3.8) is 0 Å². The molecule has 0 radical (unpaired) electrons. The van der Waals surface area contributed by atoms with Gasteiger partial charge >= 0.3 is 5.97 Å². The average Bonchev–Trinajstić information content (AvgIpc) is 2.61. The molecule has 0 bridgehead atoms. The van der Waals surface area contributed by atoms with E-state index in [0.29, 0.717) is 24.2 Å². The van der Waals surface area contributed by atoms with Crippen LogP contribution in [0.3, 0.4) is 0 Å². The van der Waals surface area contributed by atoms with E-state index < -0.39 is 11.9 Å². The summed E-state index contributed by atoms with van der Waals surface area (Å²) in [7, 11) is 0. The lowest BCUT2D eigenvalue weighted by atomic mass is 10.1. The van der Waals surface area contributed by atoms with Crippen molar-refractivity contribution in [2.75, 3.05) is 11.9 Å². The number of rotatable bonds is 7. The van der Waals surface area contributed by atoms with Crippen LogP contribution < -0.4 is 10.6 Å². The molecule has 2 aromatic rings. The van der Waals surface area contributed by atoms with Crippen molar-refractivity contribution in [2.45, 2.75) is 6.42 Å². The zero-order chi connectivity index (χ0) is 18.1. The van der Waals surface area contributed by atoms with Gasteiger partial charge in [0.1, 0.15) is 0 Å². The Bertz CT molecular complexity index is 785. The monoisotopic (exact) mass is 338 g/mol. The lowest BCUT2D eigenvalue weighted by molar-refractivity contribution is -0.131. The van der Waals surface area contributed by atoms with Gasteiger partial charge in [0, 0.05) is 18.7 Å². The van der Waals surface area contributed by atoms with E-state index >= 15 is 0 Å². The number of carbonyl (C=O) groups excluding carboxylic acids is 2. The summed E-state index contributed by atoms with van der Waals surface area (Å²) in [5, 5.41) is 13.8. The summed E-state index contributed by atoms with van der Waals surface area (Å²) < 4.78 is 0. The SMILES string of the molecule is O=C(O)C=CC(=O)Nc1ccccc1C(=O)NCCc1ccccc1. The van der Waals surface area contributed by atoms with Crippen LogP contribution in [0.25, 0.3) is 0 Å². The second-order valence-corrected chi connectivity index (χ2v) is 5.20. The first kappa shape index (κ1) is 17.9. The van der Waals surface area contributed by atoms with Gasteiger partial charge in [-0.3, -0.25) is 9.59 Å². The summed E-state index contributed by atoms with van der Waals surface area (Å²) >= 11 is 0. The average molecular weight is 338 g/mol. The minimum absolute atomic E-state index is 0.311. The Labute approximate surface area is 145 Å². The molecule has 2 amide bonds. The van der Waals surface area contributed by atoms with E-state index in [1.807, 2.05) is 30.3 Å². The molecule has 0 aliphatic heterocycles. The van der Waals surface area contributed by atoms with Crippen LogP contribution in [0.2, 0.25) is 0 Å². The van der Waals surface area contributed by atoms with E-state index in [-0.39, 0.29) is 5.91 Å². The number of para-hydroxylation sites is 1. The zero-order valence-electron chi connectivity index (χ0n) is 13.4. The molecule has 0 aromatic heterocycles. The number of benzene rings is 2. The number of nitrogens with one attached hydrogen (secondary N) is 2. The summed E-state index contributed by atoms with van der Waals surface area (Å²) in [5.41, 5.74) is 1.75. The van der Waals surface area contributed by atoms with E-state index in [2.05, 4.69) is 10.6 Å². The molecular formula is C19H18N2O4. The summed E-state index contributed by atoms with van der Waals surface area (Å²) in [4.78, 5) is 34.5. The highest BCUT2D eigenvalue weighted by Crippen LogP contribution is 2.15. The van der Waals surface area contributed by atoms with E-state index in [0.717, 1.165) is 17.7 Å². The van der Waals surface area contributed by atoms with Crippen molar-refractivity contribution >= 4 is 23.5 Å². The van der Waals surface area contributed by atoms with Gasteiger partial charge in [-0.25, -0.2) is 4.79 Å². The molecule has 6 nitrogen and oxygen atoms in total. The fourth-order valence-electron chi connectivity index (χ4n) is 2.17. The number of carboxylic acids is 1. The number of carbonyl (C=O) groups is 3. The molecule has 0 saturated heterocycles. The van der Waals surface area contributed by atoms with Gasteiger partial charge in [0.05, 0.1) is 11.3 Å². The van der Waals surface area contributed by atoms with Gasteiger partial charge in [0.25, 0.3) is 5.91 Å². The maximum atomic E-state index is 12.3. The highest BCUT2D eigenvalue weighted by molar-refractivity contribution is 6.07. The van der Waals surface area contributed by atoms with Crippen molar-refractivity contribution in [3.8, 4) is 0 Å². The van der Waals surface area contributed by atoms with Crippen molar-refractivity contribution in [1.29, 1.82) is 0 Å². The minimum atomic E-state index is -1.22. The number of amides is 2.